The minimum Gasteiger partial charge on any atom is -0.378 e. The van der Waals surface area contributed by atoms with Crippen LogP contribution < -0.4 is 5.56 Å². The van der Waals surface area contributed by atoms with E-state index >= 15 is 0 Å². The van der Waals surface area contributed by atoms with Gasteiger partial charge in [-0.05, 0) is 52.1 Å². The van der Waals surface area contributed by atoms with Crippen molar-refractivity contribution in [2.45, 2.75) is 63.5 Å². The van der Waals surface area contributed by atoms with Gasteiger partial charge in [0.2, 0.25) is 0 Å². The molecule has 6 rings (SSSR count). The van der Waals surface area contributed by atoms with Crippen LogP contribution in [0.4, 0.5) is 0 Å². The SMILES string of the molecule is CC(C)(C)c1ccc(-c2cccc(C(O)C(=O)N3CCc4nc(C5(c6ccccc6)CC5)[nH]c(=O)c4C3)c2)cc1. The predicted molar refractivity (Wildman–Crippen MR) is 156 cm³/mol. The smallest absolute Gasteiger partial charge is 0.256 e. The standard InChI is InChI=1S/C34H35N3O3/c1-33(2,3)25-14-12-22(13-15-25)23-8-7-9-24(20-23)29(38)31(40)37-19-16-28-27(21-37)30(39)36-32(35-28)34(17-18-34)26-10-5-4-6-11-26/h4-15,20,29,38H,16-19,21H2,1-3H3,(H,35,36,39). The summed E-state index contributed by atoms with van der Waals surface area (Å²) >= 11 is 0. The minimum absolute atomic E-state index is 0.0655. The van der Waals surface area contributed by atoms with Gasteiger partial charge in [0.05, 0.1) is 23.2 Å². The van der Waals surface area contributed by atoms with E-state index in [1.165, 1.54) is 11.1 Å². The Balaban J connectivity index is 1.20. The van der Waals surface area contributed by atoms with E-state index in [1.807, 2.05) is 36.4 Å². The molecule has 6 heteroatoms. The van der Waals surface area contributed by atoms with Crippen LogP contribution in [0.25, 0.3) is 11.1 Å². The Hall–Kier alpha value is -4.03. The third kappa shape index (κ3) is 4.77. The molecule has 0 saturated heterocycles. The third-order valence-corrected chi connectivity index (χ3v) is 8.43. The van der Waals surface area contributed by atoms with Crippen LogP contribution in [0, 0.1) is 0 Å². The summed E-state index contributed by atoms with van der Waals surface area (Å²) < 4.78 is 0. The number of nitrogens with zero attached hydrogens (tertiary/aromatic N) is 2. The third-order valence-electron chi connectivity index (χ3n) is 8.43. The molecule has 3 aromatic carbocycles. The fourth-order valence-corrected chi connectivity index (χ4v) is 5.75. The summed E-state index contributed by atoms with van der Waals surface area (Å²) in [7, 11) is 0. The quantitative estimate of drug-likeness (QED) is 0.358. The molecule has 1 saturated carbocycles. The number of benzene rings is 3. The largest absolute Gasteiger partial charge is 0.378 e. The molecule has 1 aliphatic heterocycles. The van der Waals surface area contributed by atoms with Crippen LogP contribution in [0.2, 0.25) is 0 Å². The molecule has 4 aromatic rings. The van der Waals surface area contributed by atoms with Gasteiger partial charge >= 0.3 is 0 Å². The lowest BCUT2D eigenvalue weighted by atomic mass is 9.86. The van der Waals surface area contributed by atoms with Crippen molar-refractivity contribution in [2.24, 2.45) is 0 Å². The number of aromatic nitrogens is 2. The van der Waals surface area contributed by atoms with E-state index in [2.05, 4.69) is 62.2 Å². The molecule has 1 atom stereocenters. The van der Waals surface area contributed by atoms with Crippen LogP contribution in [-0.4, -0.2) is 32.4 Å². The van der Waals surface area contributed by atoms with E-state index < -0.39 is 12.0 Å². The lowest BCUT2D eigenvalue weighted by Gasteiger charge is -2.30. The highest BCUT2D eigenvalue weighted by atomic mass is 16.3. The molecule has 6 nitrogen and oxygen atoms in total. The fourth-order valence-electron chi connectivity index (χ4n) is 5.75. The summed E-state index contributed by atoms with van der Waals surface area (Å²) in [5.74, 6) is 0.312. The lowest BCUT2D eigenvalue weighted by Crippen LogP contribution is -2.42. The van der Waals surface area contributed by atoms with Gasteiger partial charge < -0.3 is 15.0 Å². The Morgan fingerprint density at radius 3 is 2.38 bits per heavy atom. The van der Waals surface area contributed by atoms with Crippen LogP contribution in [0.1, 0.15) is 73.5 Å². The number of fused-ring (bicyclic) bond motifs is 1. The molecular weight excluding hydrogens is 498 g/mol. The molecule has 2 aliphatic rings. The number of H-pyrrole nitrogens is 1. The van der Waals surface area contributed by atoms with Crippen LogP contribution in [0.5, 0.6) is 0 Å². The first-order valence-corrected chi connectivity index (χ1v) is 14.0. The molecule has 40 heavy (non-hydrogen) atoms. The maximum atomic E-state index is 13.4. The Labute approximate surface area is 234 Å². The maximum Gasteiger partial charge on any atom is 0.256 e. The Morgan fingerprint density at radius 1 is 0.975 bits per heavy atom. The molecule has 2 heterocycles. The van der Waals surface area contributed by atoms with Gasteiger partial charge in [0.1, 0.15) is 5.82 Å². The number of aromatic amines is 1. The van der Waals surface area contributed by atoms with E-state index in [0.29, 0.717) is 24.1 Å². The number of amides is 1. The van der Waals surface area contributed by atoms with Crippen molar-refractivity contribution in [1.82, 2.24) is 14.9 Å². The van der Waals surface area contributed by atoms with Crippen molar-refractivity contribution >= 4 is 5.91 Å². The topological polar surface area (TPSA) is 86.3 Å². The van der Waals surface area contributed by atoms with Gasteiger partial charge in [-0.2, -0.15) is 0 Å². The number of nitrogens with one attached hydrogen (secondary N) is 1. The lowest BCUT2D eigenvalue weighted by molar-refractivity contribution is -0.141. The summed E-state index contributed by atoms with van der Waals surface area (Å²) in [4.78, 5) is 36.1. The van der Waals surface area contributed by atoms with Crippen molar-refractivity contribution < 1.29 is 9.90 Å². The number of aliphatic hydroxyl groups excluding tert-OH is 1. The predicted octanol–water partition coefficient (Wildman–Crippen LogP) is 5.43. The van der Waals surface area contributed by atoms with Gasteiger partial charge in [0, 0.05) is 13.0 Å². The first-order chi connectivity index (χ1) is 19.2. The van der Waals surface area contributed by atoms with E-state index in [4.69, 9.17) is 4.98 Å². The van der Waals surface area contributed by atoms with Gasteiger partial charge in [0.15, 0.2) is 6.10 Å². The van der Waals surface area contributed by atoms with Crippen LogP contribution in [0.3, 0.4) is 0 Å². The first kappa shape index (κ1) is 26.2. The van der Waals surface area contributed by atoms with Gasteiger partial charge in [-0.3, -0.25) is 9.59 Å². The molecule has 1 amide bonds. The van der Waals surface area contributed by atoms with Crippen molar-refractivity contribution in [2.75, 3.05) is 6.54 Å². The Morgan fingerprint density at radius 2 is 1.70 bits per heavy atom. The second-order valence-electron chi connectivity index (χ2n) is 12.2. The maximum absolute atomic E-state index is 13.4. The number of carbonyl (C=O) groups is 1. The summed E-state index contributed by atoms with van der Waals surface area (Å²) in [5, 5.41) is 11.1. The average molecular weight is 534 g/mol. The highest BCUT2D eigenvalue weighted by molar-refractivity contribution is 5.83. The van der Waals surface area contributed by atoms with E-state index in [0.717, 1.165) is 35.5 Å². The van der Waals surface area contributed by atoms with Crippen LogP contribution in [0.15, 0.2) is 83.7 Å². The molecule has 1 aliphatic carbocycles. The zero-order valence-corrected chi connectivity index (χ0v) is 23.3. The number of aliphatic hydroxyl groups is 1. The van der Waals surface area contributed by atoms with E-state index in [1.54, 1.807) is 11.0 Å². The van der Waals surface area contributed by atoms with Crippen molar-refractivity contribution in [1.29, 1.82) is 0 Å². The molecule has 0 bridgehead atoms. The Kier molecular flexibility index (Phi) is 6.46. The van der Waals surface area contributed by atoms with Gasteiger partial charge in [0.25, 0.3) is 11.5 Å². The van der Waals surface area contributed by atoms with Crippen molar-refractivity contribution in [3.05, 3.63) is 123 Å². The molecule has 1 unspecified atom stereocenters. The number of hydrogen-bond donors (Lipinski definition) is 2. The first-order valence-electron chi connectivity index (χ1n) is 14.0. The van der Waals surface area contributed by atoms with Crippen molar-refractivity contribution in [3.63, 3.8) is 0 Å². The normalized spacial score (nSPS) is 16.8. The van der Waals surface area contributed by atoms with Crippen LogP contribution in [-0.2, 0) is 28.6 Å². The zero-order valence-electron chi connectivity index (χ0n) is 23.3. The van der Waals surface area contributed by atoms with E-state index in [-0.39, 0.29) is 22.9 Å². The molecule has 0 radical (unpaired) electrons. The second-order valence-corrected chi connectivity index (χ2v) is 12.2. The molecule has 1 aromatic heterocycles. The van der Waals surface area contributed by atoms with Crippen LogP contribution >= 0.6 is 0 Å². The summed E-state index contributed by atoms with van der Waals surface area (Å²) in [6.45, 7) is 7.09. The average Bonchev–Trinajstić information content (AvgIpc) is 3.79. The second kappa shape index (κ2) is 9.86. The number of carbonyl (C=O) groups excluding carboxylic acids is 1. The minimum atomic E-state index is -1.31. The summed E-state index contributed by atoms with van der Waals surface area (Å²) in [6.07, 6.45) is 1.08. The zero-order chi connectivity index (χ0) is 28.1. The van der Waals surface area contributed by atoms with E-state index in [9.17, 15) is 14.7 Å². The molecule has 2 N–H and O–H groups in total. The summed E-state index contributed by atoms with van der Waals surface area (Å²) in [5.41, 5.74) is 5.81. The molecule has 1 fully saturated rings. The van der Waals surface area contributed by atoms with Gasteiger partial charge in [-0.15, -0.1) is 0 Å². The van der Waals surface area contributed by atoms with Gasteiger partial charge in [-0.25, -0.2) is 4.98 Å². The summed E-state index contributed by atoms with van der Waals surface area (Å²) in [6, 6.07) is 26.1. The molecule has 204 valence electrons. The number of rotatable bonds is 5. The molecule has 0 spiro atoms. The number of hydrogen-bond acceptors (Lipinski definition) is 4. The highest BCUT2D eigenvalue weighted by Crippen LogP contribution is 2.52. The fraction of sp³-hybridized carbons (Fsp3) is 0.324. The Bertz CT molecular complexity index is 1610. The highest BCUT2D eigenvalue weighted by Gasteiger charge is 2.48. The van der Waals surface area contributed by atoms with Gasteiger partial charge in [-0.1, -0.05) is 93.6 Å². The van der Waals surface area contributed by atoms with Crippen molar-refractivity contribution in [3.8, 4) is 11.1 Å². The molecular formula is C34H35N3O3. The monoisotopic (exact) mass is 533 g/mol.